The summed E-state index contributed by atoms with van der Waals surface area (Å²) in [6, 6.07) is 6.54. The minimum Gasteiger partial charge on any atom is -0.447 e. The lowest BCUT2D eigenvalue weighted by Gasteiger charge is -2.34. The van der Waals surface area contributed by atoms with Crippen LogP contribution in [0.25, 0.3) is 0 Å². The number of carbonyl (C=O) groups is 1. The van der Waals surface area contributed by atoms with Gasteiger partial charge in [0, 0.05) is 26.2 Å². The lowest BCUT2D eigenvalue weighted by atomic mass is 10.1. The molecule has 1 unspecified atom stereocenters. The molecule has 0 spiro atoms. The Bertz CT molecular complexity index is 400. The highest BCUT2D eigenvalue weighted by atomic mass is 16.5. The zero-order valence-electron chi connectivity index (χ0n) is 11.0. The number of rotatable bonds is 4. The first-order valence-corrected chi connectivity index (χ1v) is 6.30. The second-order valence-corrected chi connectivity index (χ2v) is 4.86. The third-order valence-electron chi connectivity index (χ3n) is 3.18. The molecule has 1 aliphatic rings. The second kappa shape index (κ2) is 5.98. The van der Waals surface area contributed by atoms with Gasteiger partial charge in [-0.15, -0.1) is 0 Å². The lowest BCUT2D eigenvalue weighted by Crippen LogP contribution is -2.51. The summed E-state index contributed by atoms with van der Waals surface area (Å²) in [6.07, 6.45) is -0.155. The predicted molar refractivity (Wildman–Crippen MR) is 70.1 cm³/mol. The van der Waals surface area contributed by atoms with E-state index < -0.39 is 0 Å². The first-order chi connectivity index (χ1) is 8.69. The van der Waals surface area contributed by atoms with Crippen molar-refractivity contribution in [3.05, 3.63) is 34.9 Å². The molecular weight excluding hydrogens is 228 g/mol. The van der Waals surface area contributed by atoms with Crippen molar-refractivity contribution in [1.29, 1.82) is 0 Å². The minimum absolute atomic E-state index is 0.155. The van der Waals surface area contributed by atoms with Gasteiger partial charge in [0.25, 0.3) is 6.47 Å². The number of nitrogens with zero attached hydrogens (tertiary/aromatic N) is 1. The number of hydrogen-bond donors (Lipinski definition) is 1. The molecule has 1 aliphatic heterocycles. The van der Waals surface area contributed by atoms with E-state index in [2.05, 4.69) is 42.3 Å². The van der Waals surface area contributed by atoms with Gasteiger partial charge < -0.3 is 10.1 Å². The van der Waals surface area contributed by atoms with Gasteiger partial charge in [0.2, 0.25) is 0 Å². The Kier molecular flexibility index (Phi) is 4.33. The van der Waals surface area contributed by atoms with Gasteiger partial charge in [0.15, 0.2) is 6.23 Å². The molecule has 4 heteroatoms. The second-order valence-electron chi connectivity index (χ2n) is 4.86. The molecule has 1 aromatic rings. The molecular formula is C14H20N2O2. The molecule has 1 N–H and O–H groups in total. The summed E-state index contributed by atoms with van der Waals surface area (Å²) in [5, 5.41) is 3.23. The maximum Gasteiger partial charge on any atom is 0.294 e. The van der Waals surface area contributed by atoms with E-state index in [4.69, 9.17) is 4.74 Å². The summed E-state index contributed by atoms with van der Waals surface area (Å²) < 4.78 is 5.11. The summed E-state index contributed by atoms with van der Waals surface area (Å²) in [7, 11) is 0. The Labute approximate surface area is 108 Å². The molecule has 0 radical (unpaired) electrons. The van der Waals surface area contributed by atoms with Crippen molar-refractivity contribution in [2.75, 3.05) is 19.6 Å². The van der Waals surface area contributed by atoms with Crippen molar-refractivity contribution in [2.45, 2.75) is 26.6 Å². The van der Waals surface area contributed by atoms with Gasteiger partial charge in [-0.1, -0.05) is 29.3 Å². The summed E-state index contributed by atoms with van der Waals surface area (Å²) in [5.41, 5.74) is 3.81. The van der Waals surface area contributed by atoms with Crippen LogP contribution in [0.15, 0.2) is 18.2 Å². The SMILES string of the molecule is Cc1cc(C)cc(CN2CCNCC2OC=O)c1. The molecule has 4 nitrogen and oxygen atoms in total. The Balaban J connectivity index is 2.07. The monoisotopic (exact) mass is 248 g/mol. The average Bonchev–Trinajstić information content (AvgIpc) is 2.30. The van der Waals surface area contributed by atoms with E-state index in [9.17, 15) is 4.79 Å². The van der Waals surface area contributed by atoms with Crippen LogP contribution in [0.4, 0.5) is 0 Å². The molecule has 0 amide bonds. The molecule has 1 aromatic carbocycles. The van der Waals surface area contributed by atoms with E-state index in [1.165, 1.54) is 16.7 Å². The molecule has 1 saturated heterocycles. The van der Waals surface area contributed by atoms with Gasteiger partial charge in [-0.3, -0.25) is 9.69 Å². The van der Waals surface area contributed by atoms with E-state index in [1.54, 1.807) is 0 Å². The van der Waals surface area contributed by atoms with Gasteiger partial charge in [-0.05, 0) is 19.4 Å². The predicted octanol–water partition coefficient (Wildman–Crippen LogP) is 1.21. The summed E-state index contributed by atoms with van der Waals surface area (Å²) in [5.74, 6) is 0. The topological polar surface area (TPSA) is 41.6 Å². The molecule has 0 saturated carbocycles. The number of benzene rings is 1. The molecule has 1 heterocycles. The maximum atomic E-state index is 10.5. The fourth-order valence-electron chi connectivity index (χ4n) is 2.50. The van der Waals surface area contributed by atoms with E-state index in [1.807, 2.05) is 0 Å². The van der Waals surface area contributed by atoms with Crippen LogP contribution < -0.4 is 5.32 Å². The summed E-state index contributed by atoms with van der Waals surface area (Å²) in [6.45, 7) is 8.09. The maximum absolute atomic E-state index is 10.5. The zero-order valence-corrected chi connectivity index (χ0v) is 11.0. The van der Waals surface area contributed by atoms with E-state index in [-0.39, 0.29) is 6.23 Å². The van der Waals surface area contributed by atoms with Gasteiger partial charge in [0.05, 0.1) is 0 Å². The minimum atomic E-state index is -0.155. The van der Waals surface area contributed by atoms with Crippen LogP contribution in [-0.4, -0.2) is 37.2 Å². The molecule has 18 heavy (non-hydrogen) atoms. The van der Waals surface area contributed by atoms with Crippen LogP contribution in [0, 0.1) is 13.8 Å². The van der Waals surface area contributed by atoms with Crippen molar-refractivity contribution in [3.63, 3.8) is 0 Å². The quantitative estimate of drug-likeness (QED) is 0.813. The van der Waals surface area contributed by atoms with Crippen LogP contribution >= 0.6 is 0 Å². The molecule has 98 valence electrons. The largest absolute Gasteiger partial charge is 0.447 e. The number of piperazine rings is 1. The van der Waals surface area contributed by atoms with Crippen molar-refractivity contribution in [1.82, 2.24) is 10.2 Å². The third kappa shape index (κ3) is 3.31. The van der Waals surface area contributed by atoms with Gasteiger partial charge in [0.1, 0.15) is 0 Å². The molecule has 1 fully saturated rings. The van der Waals surface area contributed by atoms with Crippen LogP contribution in [0.3, 0.4) is 0 Å². The Morgan fingerprint density at radius 1 is 1.39 bits per heavy atom. The molecule has 0 bridgehead atoms. The number of nitrogens with one attached hydrogen (secondary N) is 1. The fourth-order valence-corrected chi connectivity index (χ4v) is 2.50. The van der Waals surface area contributed by atoms with Crippen LogP contribution in [0.1, 0.15) is 16.7 Å². The highest BCUT2D eigenvalue weighted by Crippen LogP contribution is 2.14. The first-order valence-electron chi connectivity index (χ1n) is 6.30. The van der Waals surface area contributed by atoms with Gasteiger partial charge in [-0.25, -0.2) is 0 Å². The van der Waals surface area contributed by atoms with E-state index >= 15 is 0 Å². The average molecular weight is 248 g/mol. The van der Waals surface area contributed by atoms with Crippen molar-refractivity contribution in [3.8, 4) is 0 Å². The molecule has 2 rings (SSSR count). The number of hydrogen-bond acceptors (Lipinski definition) is 4. The highest BCUT2D eigenvalue weighted by molar-refractivity contribution is 5.37. The standard InChI is InChI=1S/C14H20N2O2/c1-11-5-12(2)7-13(6-11)9-16-4-3-15-8-14(16)18-10-17/h5-7,10,14-15H,3-4,8-9H2,1-2H3. The smallest absolute Gasteiger partial charge is 0.294 e. The van der Waals surface area contributed by atoms with Crippen molar-refractivity contribution >= 4 is 6.47 Å². The molecule has 0 aliphatic carbocycles. The van der Waals surface area contributed by atoms with Crippen molar-refractivity contribution in [2.24, 2.45) is 0 Å². The van der Waals surface area contributed by atoms with Gasteiger partial charge >= 0.3 is 0 Å². The summed E-state index contributed by atoms with van der Waals surface area (Å²) >= 11 is 0. The van der Waals surface area contributed by atoms with Crippen LogP contribution in [0.2, 0.25) is 0 Å². The van der Waals surface area contributed by atoms with E-state index in [0.29, 0.717) is 13.0 Å². The van der Waals surface area contributed by atoms with Crippen LogP contribution in [0.5, 0.6) is 0 Å². The summed E-state index contributed by atoms with van der Waals surface area (Å²) in [4.78, 5) is 12.7. The normalized spacial score (nSPS) is 20.7. The Morgan fingerprint density at radius 2 is 2.11 bits per heavy atom. The number of ether oxygens (including phenoxy) is 1. The van der Waals surface area contributed by atoms with Gasteiger partial charge in [-0.2, -0.15) is 0 Å². The fraction of sp³-hybridized carbons (Fsp3) is 0.500. The van der Waals surface area contributed by atoms with Crippen molar-refractivity contribution < 1.29 is 9.53 Å². The Morgan fingerprint density at radius 3 is 2.78 bits per heavy atom. The first kappa shape index (κ1) is 13.1. The molecule has 1 atom stereocenters. The van der Waals surface area contributed by atoms with Crippen LogP contribution in [-0.2, 0) is 16.1 Å². The highest BCUT2D eigenvalue weighted by Gasteiger charge is 2.23. The molecule has 0 aromatic heterocycles. The third-order valence-corrected chi connectivity index (χ3v) is 3.18. The van der Waals surface area contributed by atoms with E-state index in [0.717, 1.165) is 19.6 Å². The zero-order chi connectivity index (χ0) is 13.0. The Hall–Kier alpha value is -1.39. The lowest BCUT2D eigenvalue weighted by molar-refractivity contribution is -0.145. The number of carbonyl (C=O) groups excluding carboxylic acids is 1. The number of aryl methyl sites for hydroxylation is 2.